The first-order valence-electron chi connectivity index (χ1n) is 16.4. The van der Waals surface area contributed by atoms with Gasteiger partial charge in [-0.05, 0) is 33.2 Å². The number of benzene rings is 3. The molecule has 3 aromatic carbocycles. The zero-order chi connectivity index (χ0) is 34.5. The van der Waals surface area contributed by atoms with Crippen molar-refractivity contribution in [2.75, 3.05) is 0 Å². The average molecular weight is 663 g/mol. The van der Waals surface area contributed by atoms with Crippen molar-refractivity contribution in [1.29, 1.82) is 0 Å². The fourth-order valence-corrected chi connectivity index (χ4v) is 18.5. The smallest absolute Gasteiger partial charge is 0.199 e. The topological polar surface area (TPSA) is 25.8 Å². The minimum atomic E-state index is -2.24. The first kappa shape index (κ1) is 35.6. The second kappa shape index (κ2) is 13.1. The van der Waals surface area contributed by atoms with E-state index < -0.39 is 50.5 Å². The molecule has 0 N–H and O–H groups in total. The normalized spacial score (nSPS) is 12.7. The molecule has 1 aromatic heterocycles. The largest absolute Gasteiger partial charge is 0.240 e. The standard InChI is InChI=1S/C38H46F4N2Si2/c1-21(2)45(22(3)4,23(5)6)19-17-29-27-15-13-14-16-28(27)30(18-20-46(24(7)8,25(9)10)26(11)12)36-35(29)43-37-33(41)31(39)32(40)34(42)38(37)44-36/h13-16,21-26H,1-12H3. The van der Waals surface area contributed by atoms with E-state index in [9.17, 15) is 8.78 Å². The molecule has 0 aliphatic rings. The van der Waals surface area contributed by atoms with E-state index in [1.54, 1.807) is 0 Å². The number of nitrogens with zero attached hydrogens (tertiary/aromatic N) is 2. The van der Waals surface area contributed by atoms with E-state index >= 15 is 8.78 Å². The van der Waals surface area contributed by atoms with Crippen LogP contribution in [0, 0.1) is 46.2 Å². The van der Waals surface area contributed by atoms with Crippen LogP contribution in [0.15, 0.2) is 24.3 Å². The molecule has 2 nitrogen and oxygen atoms in total. The summed E-state index contributed by atoms with van der Waals surface area (Å²) in [6, 6.07) is 7.65. The van der Waals surface area contributed by atoms with Crippen molar-refractivity contribution in [2.45, 2.75) is 116 Å². The molecule has 0 bridgehead atoms. The number of fused-ring (bicyclic) bond motifs is 3. The van der Waals surface area contributed by atoms with Gasteiger partial charge in [0.05, 0.1) is 11.1 Å². The van der Waals surface area contributed by atoms with Crippen LogP contribution in [0.3, 0.4) is 0 Å². The molecule has 46 heavy (non-hydrogen) atoms. The van der Waals surface area contributed by atoms with Crippen molar-refractivity contribution in [2.24, 2.45) is 0 Å². The van der Waals surface area contributed by atoms with E-state index in [-0.39, 0.29) is 11.0 Å². The van der Waals surface area contributed by atoms with Gasteiger partial charge < -0.3 is 0 Å². The van der Waals surface area contributed by atoms with E-state index in [1.165, 1.54) is 0 Å². The molecule has 0 atom stereocenters. The predicted molar refractivity (Wildman–Crippen MR) is 190 cm³/mol. The van der Waals surface area contributed by atoms with Gasteiger partial charge in [0, 0.05) is 10.8 Å². The van der Waals surface area contributed by atoms with Crippen LogP contribution < -0.4 is 0 Å². The van der Waals surface area contributed by atoms with Gasteiger partial charge in [-0.2, -0.15) is 0 Å². The molecular weight excluding hydrogens is 617 g/mol. The lowest BCUT2D eigenvalue weighted by atomic mass is 9.97. The Bertz CT molecular complexity index is 1760. The summed E-state index contributed by atoms with van der Waals surface area (Å²) < 4.78 is 59.5. The third-order valence-corrected chi connectivity index (χ3v) is 22.9. The molecule has 0 spiro atoms. The van der Waals surface area contributed by atoms with Crippen molar-refractivity contribution in [3.8, 4) is 22.9 Å². The fourth-order valence-electron chi connectivity index (χ4n) is 8.13. The third kappa shape index (κ3) is 5.56. The number of aromatic nitrogens is 2. The zero-order valence-electron chi connectivity index (χ0n) is 29.2. The van der Waals surface area contributed by atoms with Gasteiger partial charge in [0.2, 0.25) is 0 Å². The van der Waals surface area contributed by atoms with Gasteiger partial charge in [-0.1, -0.05) is 119 Å². The Balaban J connectivity index is 2.31. The summed E-state index contributed by atoms with van der Waals surface area (Å²) in [5.41, 5.74) is 9.64. The molecule has 4 rings (SSSR count). The van der Waals surface area contributed by atoms with Gasteiger partial charge in [-0.15, -0.1) is 11.1 Å². The van der Waals surface area contributed by atoms with Crippen molar-refractivity contribution in [1.82, 2.24) is 9.97 Å². The van der Waals surface area contributed by atoms with Gasteiger partial charge in [0.25, 0.3) is 0 Å². The summed E-state index contributed by atoms with van der Waals surface area (Å²) in [5.74, 6) is -0.0326. The Morgan fingerprint density at radius 2 is 0.739 bits per heavy atom. The quantitative estimate of drug-likeness (QED) is 0.0513. The highest BCUT2D eigenvalue weighted by molar-refractivity contribution is 6.91. The van der Waals surface area contributed by atoms with Crippen molar-refractivity contribution in [3.63, 3.8) is 0 Å². The Labute approximate surface area is 273 Å². The molecule has 8 heteroatoms. The monoisotopic (exact) mass is 662 g/mol. The summed E-state index contributed by atoms with van der Waals surface area (Å²) in [5, 5.41) is 1.52. The maximum Gasteiger partial charge on any atom is 0.199 e. The van der Waals surface area contributed by atoms with Gasteiger partial charge in [-0.3, -0.25) is 0 Å². The Morgan fingerprint density at radius 3 is 1.00 bits per heavy atom. The van der Waals surface area contributed by atoms with E-state index in [2.05, 4.69) is 116 Å². The number of hydrogen-bond acceptors (Lipinski definition) is 2. The molecule has 0 aliphatic carbocycles. The van der Waals surface area contributed by atoms with Crippen LogP contribution in [-0.4, -0.2) is 26.1 Å². The minimum absolute atomic E-state index is 0.206. The lowest BCUT2D eigenvalue weighted by molar-refractivity contribution is 0.416. The summed E-state index contributed by atoms with van der Waals surface area (Å²) in [6.45, 7) is 26.6. The van der Waals surface area contributed by atoms with Crippen LogP contribution >= 0.6 is 0 Å². The molecule has 244 valence electrons. The van der Waals surface area contributed by atoms with Crippen LogP contribution in [0.4, 0.5) is 17.6 Å². The summed E-state index contributed by atoms with van der Waals surface area (Å²) in [7, 11) is -4.48. The SMILES string of the molecule is CC(C)[Si](C#Cc1c2ccccc2c(C#C[Si](C(C)C)(C(C)C)C(C)C)c2nc3c(F)c(F)c(F)c(F)c3nc12)(C(C)C)C(C)C. The Hall–Kier alpha value is -3.21. The van der Waals surface area contributed by atoms with Crippen LogP contribution in [0.2, 0.25) is 33.2 Å². The maximum atomic E-state index is 15.2. The molecule has 0 amide bonds. The molecule has 0 radical (unpaired) electrons. The number of rotatable bonds is 6. The zero-order valence-corrected chi connectivity index (χ0v) is 31.2. The summed E-state index contributed by atoms with van der Waals surface area (Å²) in [6.07, 6.45) is 0. The van der Waals surface area contributed by atoms with E-state index in [0.717, 1.165) is 10.8 Å². The highest BCUT2D eigenvalue weighted by Crippen LogP contribution is 2.43. The van der Waals surface area contributed by atoms with Crippen molar-refractivity contribution >= 4 is 49.0 Å². The highest BCUT2D eigenvalue weighted by atomic mass is 28.3. The molecule has 0 aliphatic heterocycles. The number of halogens is 4. The van der Waals surface area contributed by atoms with Crippen molar-refractivity contribution in [3.05, 3.63) is 58.7 Å². The highest BCUT2D eigenvalue weighted by Gasteiger charge is 2.43. The van der Waals surface area contributed by atoms with Gasteiger partial charge in [0.15, 0.2) is 23.3 Å². The van der Waals surface area contributed by atoms with Crippen molar-refractivity contribution < 1.29 is 17.6 Å². The van der Waals surface area contributed by atoms with Crippen LogP contribution in [0.1, 0.15) is 94.2 Å². The lowest BCUT2D eigenvalue weighted by Crippen LogP contribution is -2.43. The Kier molecular flexibility index (Phi) is 10.2. The lowest BCUT2D eigenvalue weighted by Gasteiger charge is -2.38. The molecule has 0 saturated carbocycles. The Morgan fingerprint density at radius 1 is 0.457 bits per heavy atom. The minimum Gasteiger partial charge on any atom is -0.240 e. The van der Waals surface area contributed by atoms with Crippen LogP contribution in [-0.2, 0) is 0 Å². The van der Waals surface area contributed by atoms with Crippen LogP contribution in [0.25, 0.3) is 32.8 Å². The second-order valence-electron chi connectivity index (χ2n) is 14.5. The van der Waals surface area contributed by atoms with Gasteiger partial charge in [-0.25, -0.2) is 27.5 Å². The van der Waals surface area contributed by atoms with Crippen LogP contribution in [0.5, 0.6) is 0 Å². The maximum absolute atomic E-state index is 15.2. The second-order valence-corrected chi connectivity index (χ2v) is 25.6. The van der Waals surface area contributed by atoms with Gasteiger partial charge in [0.1, 0.15) is 38.2 Å². The molecular formula is C38H46F4N2Si2. The molecule has 0 saturated heterocycles. The van der Waals surface area contributed by atoms with E-state index in [4.69, 9.17) is 0 Å². The molecule has 1 heterocycles. The average Bonchev–Trinajstić information content (AvgIpc) is 2.98. The number of hydrogen-bond donors (Lipinski definition) is 0. The van der Waals surface area contributed by atoms with E-state index in [1.807, 2.05) is 24.3 Å². The fraction of sp³-hybridized carbons (Fsp3) is 0.474. The van der Waals surface area contributed by atoms with E-state index in [0.29, 0.717) is 44.4 Å². The van der Waals surface area contributed by atoms with Gasteiger partial charge >= 0.3 is 0 Å². The first-order valence-corrected chi connectivity index (χ1v) is 20.9. The molecule has 0 fully saturated rings. The first-order chi connectivity index (χ1) is 21.4. The molecule has 0 unspecified atom stereocenters. The summed E-state index contributed by atoms with van der Waals surface area (Å²) in [4.78, 5) is 9.02. The predicted octanol–water partition coefficient (Wildman–Crippen LogP) is 11.6. The summed E-state index contributed by atoms with van der Waals surface area (Å²) >= 11 is 0. The third-order valence-electron chi connectivity index (χ3n) is 10.4. The molecule has 4 aromatic rings.